The number of hydrogen-bond acceptors (Lipinski definition) is 23. The van der Waals surface area contributed by atoms with E-state index in [9.17, 15) is 51.7 Å². The average molecular weight is 1770 g/mol. The maximum absolute atomic E-state index is 14.1. The number of fused-ring (bicyclic) bond motifs is 10. The summed E-state index contributed by atoms with van der Waals surface area (Å²) in [5.74, 6) is -5.89. The highest BCUT2D eigenvalue weighted by molar-refractivity contribution is 5.97. The largest absolute Gasteiger partial charge is 0.482 e. The van der Waals surface area contributed by atoms with Gasteiger partial charge in [-0.25, -0.2) is 70.6 Å². The van der Waals surface area contributed by atoms with Gasteiger partial charge in [-0.15, -0.1) is 20.4 Å². The van der Waals surface area contributed by atoms with Crippen LogP contribution in [0.25, 0.3) is 63.9 Å². The van der Waals surface area contributed by atoms with E-state index in [2.05, 4.69) is 65.0 Å². The number of carbonyl (C=O) groups excluding carboxylic acids is 3. The highest BCUT2D eigenvalue weighted by atomic mass is 19.1. The van der Waals surface area contributed by atoms with Gasteiger partial charge in [0.2, 0.25) is 0 Å². The van der Waals surface area contributed by atoms with E-state index in [1.165, 1.54) is 88.7 Å². The van der Waals surface area contributed by atoms with Crippen molar-refractivity contribution in [1.29, 1.82) is 0 Å². The molecule has 0 aliphatic carbocycles. The number of carboxylic acid groups (broad SMARTS) is 2. The second kappa shape index (κ2) is 38.7. The summed E-state index contributed by atoms with van der Waals surface area (Å²) in [7, 11) is 6.12. The molecule has 10 heterocycles. The number of carboxylic acids is 2. The van der Waals surface area contributed by atoms with Gasteiger partial charge in [0.25, 0.3) is 35.1 Å². The molecule has 14 rings (SSSR count). The van der Waals surface area contributed by atoms with Gasteiger partial charge in [0.1, 0.15) is 70.4 Å². The van der Waals surface area contributed by atoms with Crippen LogP contribution in [-0.4, -0.2) is 147 Å². The molecule has 40 heteroatoms. The Morgan fingerprint density at radius 1 is 0.550 bits per heavy atom. The fourth-order valence-electron chi connectivity index (χ4n) is 13.8. The second-order valence-corrected chi connectivity index (χ2v) is 29.7. The summed E-state index contributed by atoms with van der Waals surface area (Å²) >= 11 is 0. The summed E-state index contributed by atoms with van der Waals surface area (Å²) in [6, 6.07) is 19.3. The molecule has 3 amide bonds. The van der Waals surface area contributed by atoms with E-state index < -0.39 is 131 Å². The predicted molar refractivity (Wildman–Crippen MR) is 466 cm³/mol. The minimum absolute atomic E-state index is 0.0125. The number of nitrogens with zero attached hydrogens (tertiary/aromatic N) is 19. The summed E-state index contributed by atoms with van der Waals surface area (Å²) in [4.78, 5) is 95.3. The summed E-state index contributed by atoms with van der Waals surface area (Å²) in [5, 5.41) is 38.4. The van der Waals surface area contributed by atoms with Crippen LogP contribution in [0.5, 0.6) is 23.0 Å². The molecule has 3 unspecified atom stereocenters. The number of nitrogens with one attached hydrogen (secondary N) is 1. The highest BCUT2D eigenvalue weighted by Crippen LogP contribution is 2.45. The number of rotatable bonds is 14. The van der Waals surface area contributed by atoms with Crippen LogP contribution in [0.1, 0.15) is 176 Å². The number of carbonyl (C=O) groups is 5. The Morgan fingerprint density at radius 3 is 1.29 bits per heavy atom. The first kappa shape index (κ1) is 77.3. The summed E-state index contributed by atoms with van der Waals surface area (Å²) in [5.41, 5.74) is 26.4. The van der Waals surface area contributed by atoms with Crippen molar-refractivity contribution in [2.45, 2.75) is 105 Å². The lowest BCUT2D eigenvalue weighted by Crippen LogP contribution is -2.34. The maximum atomic E-state index is 14.1. The second-order valence-electron chi connectivity index (χ2n) is 29.7. The monoisotopic (exact) mass is 1770 g/mol. The Balaban J connectivity index is 0.000000180. The number of anilines is 4. The van der Waals surface area contributed by atoms with E-state index in [0.717, 1.165) is 60.7 Å². The number of aryl methyl sites for hydroxylation is 4. The molecule has 129 heavy (non-hydrogen) atoms. The van der Waals surface area contributed by atoms with Gasteiger partial charge < -0.3 is 96.2 Å². The molecule has 8 aromatic heterocycles. The molecule has 0 radical (unpaired) electrons. The topological polar surface area (TPSA) is 438 Å². The molecular weight excluding hydrogens is 1670 g/mol. The minimum Gasteiger partial charge on any atom is -0.482 e. The molecule has 2 aliphatic heterocycles. The van der Waals surface area contributed by atoms with Crippen LogP contribution in [0.4, 0.5) is 68.9 Å². The van der Waals surface area contributed by atoms with Crippen molar-refractivity contribution in [1.82, 2.24) is 79.1 Å². The normalized spacial score (nSPS) is 15.5. The number of aromatic nitrogens is 12. The molecule has 0 fully saturated rings. The van der Waals surface area contributed by atoms with Crippen molar-refractivity contribution in [3.8, 4) is 67.5 Å². The lowest BCUT2D eigenvalue weighted by Gasteiger charge is -2.24. The maximum Gasteiger partial charge on any atom is 0.410 e. The summed E-state index contributed by atoms with van der Waals surface area (Å²) < 4.78 is 184. The smallest absolute Gasteiger partial charge is 0.410 e. The molecule has 11 N–H and O–H groups in total. The minimum atomic E-state index is -2.90. The quantitative estimate of drug-likeness (QED) is 0.0393. The molecule has 0 spiro atoms. The first-order chi connectivity index (χ1) is 65.8. The molecule has 2 aliphatic rings. The first-order valence-corrected chi connectivity index (χ1v) is 38.3. The number of pyridine rings is 4. The van der Waals surface area contributed by atoms with Crippen molar-refractivity contribution in [2.24, 2.45) is 28.2 Å². The van der Waals surface area contributed by atoms with Crippen LogP contribution in [0.15, 0.2) is 122 Å². The lowest BCUT2D eigenvalue weighted by atomic mass is 10.0. The number of ether oxygens (including phenoxy) is 5. The van der Waals surface area contributed by atoms with E-state index in [0.29, 0.717) is 53.8 Å². The van der Waals surface area contributed by atoms with Crippen molar-refractivity contribution in [2.75, 3.05) is 50.8 Å². The van der Waals surface area contributed by atoms with E-state index in [4.69, 9.17) is 89.4 Å². The third-order valence-electron chi connectivity index (χ3n) is 19.7. The fraction of sp³-hybridized carbons (Fsp3) is 0.270. The Kier molecular flexibility index (Phi) is 23.2. The third-order valence-corrected chi connectivity index (χ3v) is 19.7. The van der Waals surface area contributed by atoms with Gasteiger partial charge in [-0.1, -0.05) is 26.3 Å². The van der Waals surface area contributed by atoms with E-state index in [1.54, 1.807) is 67.9 Å². The fourth-order valence-corrected chi connectivity index (χ4v) is 13.8. The molecule has 4 bridgehead atoms. The van der Waals surface area contributed by atoms with E-state index in [-0.39, 0.29) is 149 Å². The zero-order valence-electron chi connectivity index (χ0n) is 82.5. The van der Waals surface area contributed by atoms with Crippen LogP contribution >= 0.6 is 0 Å². The van der Waals surface area contributed by atoms with E-state index >= 15 is 0 Å². The lowest BCUT2D eigenvalue weighted by molar-refractivity contribution is 0.0282. The van der Waals surface area contributed by atoms with Gasteiger partial charge >= 0.3 is 18.0 Å². The molecule has 4 aromatic carbocycles. The van der Waals surface area contributed by atoms with Crippen molar-refractivity contribution in [3.63, 3.8) is 0 Å². The third kappa shape index (κ3) is 20.5. The van der Waals surface area contributed by atoms with Gasteiger partial charge in [0.05, 0.1) is 64.6 Å². The molecule has 4 atom stereocenters. The number of halogens is 4. The number of nitrogens with two attached hydrogens (primary N) is 4. The molecule has 664 valence electrons. The molecule has 12 aromatic rings. The molecule has 0 saturated carbocycles. The standard InChI is InChI=1S/C26H29FN6O5.C21H21FN6O3.2C21H19FN6O2/c1-14(18-11-16(27)8-9-17(18)24(34)35)37-20-10-15(12-30-22(20)28)21-19(31-33(7)23(21)29-5)13-32(6)25(36)38-26(2,3)4;1-11(15-8-13(22)5-6-14(15)21(29)30)31-17-7-12(9-26-19(17)23)18-16(10-24-2)27-28(4)20(18)25-3;2*1-11-15-8-13(22)5-6-14(15)21(29)27(3)10-16-18(20(24-2)28(4)26-16)12-7-17(30-11)19(23)25-9-12/h8-12,14H,13H2,1-4,6-7H3,(H2,28,30)(H,34,35);5-9,11,24H,10H2,1-2,4H3,(H2,23,26)(H,29,30);2*5-9,11H,10H2,1,3-4H3,(H2,23,25)/t;;11-;/m..1./s1/i6D3;2D3;2*3D3. The Hall–Kier alpha value is -16.5. The van der Waals surface area contributed by atoms with Crippen molar-refractivity contribution < 1.29 is 91.9 Å². The molecule has 0 saturated heterocycles. The first-order valence-electron chi connectivity index (χ1n) is 44.3. The van der Waals surface area contributed by atoms with Gasteiger partial charge in [-0.05, 0) is 175 Å². The Labute approximate surface area is 754 Å². The van der Waals surface area contributed by atoms with Crippen LogP contribution in [0.2, 0.25) is 0 Å². The Morgan fingerprint density at radius 2 is 0.915 bits per heavy atom. The van der Waals surface area contributed by atoms with E-state index in [1.807, 2.05) is 0 Å². The van der Waals surface area contributed by atoms with Gasteiger partial charge in [-0.2, -0.15) is 0 Å². The summed E-state index contributed by atoms with van der Waals surface area (Å²) in [6.07, 6.45) is 0.816. The zero-order valence-corrected chi connectivity index (χ0v) is 70.5. The van der Waals surface area contributed by atoms with Crippen LogP contribution < -0.4 is 47.2 Å². The van der Waals surface area contributed by atoms with Gasteiger partial charge in [0.15, 0.2) is 46.3 Å². The van der Waals surface area contributed by atoms with Crippen LogP contribution in [-0.2, 0) is 59.1 Å². The number of amides is 3. The highest BCUT2D eigenvalue weighted by Gasteiger charge is 2.33. The van der Waals surface area contributed by atoms with Gasteiger partial charge in [-0.3, -0.25) is 9.59 Å². The van der Waals surface area contributed by atoms with Crippen molar-refractivity contribution >= 4 is 76.4 Å². The molecular formula is C89H88F4N24O12. The average Bonchev–Trinajstić information content (AvgIpc) is 1.55. The molecule has 36 nitrogen and oxygen atoms in total. The Bertz CT molecular complexity index is 6890. The number of nitrogen functional groups attached to an aromatic ring is 4. The van der Waals surface area contributed by atoms with Crippen molar-refractivity contribution in [3.05, 3.63) is 258 Å². The number of benzene rings is 4. The van der Waals surface area contributed by atoms with Crippen LogP contribution in [0.3, 0.4) is 0 Å². The zero-order chi connectivity index (χ0) is 104. The van der Waals surface area contributed by atoms with Gasteiger partial charge in [0, 0.05) is 124 Å². The predicted octanol–water partition coefficient (Wildman–Crippen LogP) is 15.2. The summed E-state index contributed by atoms with van der Waals surface area (Å²) in [6.45, 7) is 28.8. The number of hydrogen-bond donors (Lipinski definition) is 7. The SMILES string of the molecule is [2H]C([2H])([2H])N(Cc1nn(C)c([N+]#[C-])c1-c1cnc(N)c(OC(C)c2cc(F)ccc2C(=O)O)c1)C(=O)OC(C)(C)C.[2H]C([2H])([2H])N1Cc2nn(C)c([N+]#[C-])c2-c2cnc(N)c(c2)OC(C)c2cc(F)ccc2C1=O.[2H]C([2H])([2H])N1Cc2nn(C)c([N+]#[C-])c2-c2cnc(N)c(c2)O[C@H](C)c2cc(F)ccc2C1=O.[2H]C([2H])([2H])NCc1nn(C)c([N+]#[C-])c1-c1cnc(N)c(OC(C)c2cc(F)ccc2C(=O)O)c1. The number of aromatic carboxylic acids is 2. The van der Waals surface area contributed by atoms with Crippen LogP contribution in [0, 0.1) is 49.6 Å².